The Kier molecular flexibility index (Phi) is 2.73. The summed E-state index contributed by atoms with van der Waals surface area (Å²) >= 11 is 5.93. The number of aromatic nitrogens is 2. The number of hydrogen-bond donors (Lipinski definition) is 1. The van der Waals surface area contributed by atoms with Gasteiger partial charge in [0.15, 0.2) is 0 Å². The molecule has 0 amide bonds. The van der Waals surface area contributed by atoms with E-state index in [-0.39, 0.29) is 5.56 Å². The van der Waals surface area contributed by atoms with Crippen LogP contribution in [0.1, 0.15) is 19.2 Å². The molecule has 15 heavy (non-hydrogen) atoms. The van der Waals surface area contributed by atoms with Crippen LogP contribution in [0.2, 0.25) is 5.02 Å². The third-order valence-electron chi connectivity index (χ3n) is 2.22. The van der Waals surface area contributed by atoms with E-state index in [4.69, 9.17) is 11.6 Å². The van der Waals surface area contributed by atoms with Gasteiger partial charge in [0.2, 0.25) is 0 Å². The number of nitrogens with zero attached hydrogens (tertiary/aromatic N) is 1. The summed E-state index contributed by atoms with van der Waals surface area (Å²) in [6.07, 6.45) is 1.73. The number of benzene rings is 1. The predicted molar refractivity (Wildman–Crippen MR) is 61.4 cm³/mol. The number of fused-ring (bicyclic) bond motifs is 1. The minimum atomic E-state index is -0.158. The Balaban J connectivity index is 2.73. The molecular weight excluding hydrogens is 212 g/mol. The van der Waals surface area contributed by atoms with Crippen molar-refractivity contribution in [3.05, 3.63) is 39.4 Å². The first-order valence-electron chi connectivity index (χ1n) is 4.89. The number of H-pyrrole nitrogens is 1. The molecule has 1 aromatic carbocycles. The van der Waals surface area contributed by atoms with E-state index in [9.17, 15) is 4.79 Å². The number of rotatable bonds is 2. The Hall–Kier alpha value is -1.35. The third-order valence-corrected chi connectivity index (χ3v) is 2.53. The van der Waals surface area contributed by atoms with Gasteiger partial charge in [0.1, 0.15) is 5.82 Å². The van der Waals surface area contributed by atoms with Crippen LogP contribution in [0.3, 0.4) is 0 Å². The van der Waals surface area contributed by atoms with Gasteiger partial charge in [-0.15, -0.1) is 0 Å². The fourth-order valence-corrected chi connectivity index (χ4v) is 1.81. The molecule has 0 aliphatic rings. The summed E-state index contributed by atoms with van der Waals surface area (Å²) in [5.41, 5.74) is 0.503. The first-order valence-corrected chi connectivity index (χ1v) is 5.27. The van der Waals surface area contributed by atoms with Crippen LogP contribution >= 0.6 is 11.6 Å². The van der Waals surface area contributed by atoms with Crippen LogP contribution in [0.4, 0.5) is 0 Å². The summed E-state index contributed by atoms with van der Waals surface area (Å²) in [7, 11) is 0. The molecule has 0 fully saturated rings. The van der Waals surface area contributed by atoms with Gasteiger partial charge in [0.05, 0.1) is 15.9 Å². The fourth-order valence-electron chi connectivity index (χ4n) is 1.55. The smallest absolute Gasteiger partial charge is 0.260 e. The zero-order chi connectivity index (χ0) is 10.8. The van der Waals surface area contributed by atoms with Gasteiger partial charge in [-0.25, -0.2) is 4.98 Å². The minimum absolute atomic E-state index is 0.158. The number of hydrogen-bond acceptors (Lipinski definition) is 2. The molecule has 1 heterocycles. The molecule has 1 aromatic heterocycles. The monoisotopic (exact) mass is 222 g/mol. The summed E-state index contributed by atoms with van der Waals surface area (Å²) in [4.78, 5) is 18.8. The maximum absolute atomic E-state index is 11.7. The van der Waals surface area contributed by atoms with E-state index < -0.39 is 0 Å². The van der Waals surface area contributed by atoms with Crippen LogP contribution in [0.25, 0.3) is 10.9 Å². The fraction of sp³-hybridized carbons (Fsp3) is 0.273. The lowest BCUT2D eigenvalue weighted by Gasteiger charge is -2.02. The molecule has 0 saturated heterocycles. The highest BCUT2D eigenvalue weighted by molar-refractivity contribution is 6.35. The Morgan fingerprint density at radius 2 is 2.27 bits per heavy atom. The van der Waals surface area contributed by atoms with Gasteiger partial charge in [-0.1, -0.05) is 24.6 Å². The Morgan fingerprint density at radius 1 is 1.47 bits per heavy atom. The molecule has 1 N–H and O–H groups in total. The number of nitrogens with one attached hydrogen (secondary N) is 1. The van der Waals surface area contributed by atoms with E-state index >= 15 is 0 Å². The molecule has 0 radical (unpaired) electrons. The Morgan fingerprint density at radius 3 is 3.00 bits per heavy atom. The largest absolute Gasteiger partial charge is 0.310 e. The maximum Gasteiger partial charge on any atom is 0.260 e. The highest BCUT2D eigenvalue weighted by Crippen LogP contribution is 2.17. The summed E-state index contributed by atoms with van der Waals surface area (Å²) in [6.45, 7) is 2.04. The molecule has 0 bridgehead atoms. The first-order chi connectivity index (χ1) is 7.22. The summed E-state index contributed by atoms with van der Waals surface area (Å²) in [6, 6.07) is 5.29. The van der Waals surface area contributed by atoms with Crippen molar-refractivity contribution in [1.29, 1.82) is 0 Å². The lowest BCUT2D eigenvalue weighted by Crippen LogP contribution is -2.12. The molecule has 2 rings (SSSR count). The van der Waals surface area contributed by atoms with Crippen molar-refractivity contribution in [2.45, 2.75) is 19.8 Å². The second-order valence-corrected chi connectivity index (χ2v) is 3.80. The summed E-state index contributed by atoms with van der Waals surface area (Å²) in [5, 5.41) is 0.920. The second kappa shape index (κ2) is 4.03. The molecule has 0 spiro atoms. The maximum atomic E-state index is 11.7. The van der Waals surface area contributed by atoms with Crippen LogP contribution in [0.15, 0.2) is 23.0 Å². The Labute approximate surface area is 92.1 Å². The van der Waals surface area contributed by atoms with Crippen LogP contribution < -0.4 is 5.56 Å². The Bertz CT molecular complexity index is 548. The summed E-state index contributed by atoms with van der Waals surface area (Å²) in [5.74, 6) is 0.720. The summed E-state index contributed by atoms with van der Waals surface area (Å²) < 4.78 is 0. The van der Waals surface area contributed by atoms with Gasteiger partial charge in [-0.2, -0.15) is 0 Å². The van der Waals surface area contributed by atoms with Gasteiger partial charge in [0.25, 0.3) is 5.56 Å². The lowest BCUT2D eigenvalue weighted by atomic mass is 10.2. The molecule has 0 aliphatic heterocycles. The van der Waals surface area contributed by atoms with Crippen LogP contribution in [0.5, 0.6) is 0 Å². The zero-order valence-electron chi connectivity index (χ0n) is 8.38. The zero-order valence-corrected chi connectivity index (χ0v) is 9.14. The van der Waals surface area contributed by atoms with E-state index in [0.717, 1.165) is 18.7 Å². The van der Waals surface area contributed by atoms with Gasteiger partial charge in [-0.05, 0) is 18.6 Å². The molecule has 4 heteroatoms. The van der Waals surface area contributed by atoms with Crippen LogP contribution in [-0.4, -0.2) is 9.97 Å². The van der Waals surface area contributed by atoms with Crippen molar-refractivity contribution in [2.75, 3.05) is 0 Å². The molecule has 3 nitrogen and oxygen atoms in total. The molecule has 0 saturated carbocycles. The van der Waals surface area contributed by atoms with Crippen molar-refractivity contribution in [2.24, 2.45) is 0 Å². The van der Waals surface area contributed by atoms with E-state index in [1.165, 1.54) is 0 Å². The van der Waals surface area contributed by atoms with Gasteiger partial charge in [0, 0.05) is 6.42 Å². The van der Waals surface area contributed by atoms with Crippen molar-refractivity contribution in [3.8, 4) is 0 Å². The minimum Gasteiger partial charge on any atom is -0.310 e. The number of halogens is 1. The molecule has 0 unspecified atom stereocenters. The highest BCUT2D eigenvalue weighted by Gasteiger charge is 2.06. The molecular formula is C11H11ClN2O. The topological polar surface area (TPSA) is 45.8 Å². The van der Waals surface area contributed by atoms with E-state index in [2.05, 4.69) is 9.97 Å². The predicted octanol–water partition coefficient (Wildman–Crippen LogP) is 2.53. The first kappa shape index (κ1) is 10.2. The molecule has 0 aliphatic carbocycles. The van der Waals surface area contributed by atoms with Crippen molar-refractivity contribution < 1.29 is 0 Å². The van der Waals surface area contributed by atoms with Crippen LogP contribution in [-0.2, 0) is 6.42 Å². The number of aryl methyl sites for hydroxylation is 1. The standard InChI is InChI=1S/C11H11ClN2O/c1-2-4-9-13-8-6-3-5-7(12)10(8)11(15)14-9/h3,5-6H,2,4H2,1H3,(H,13,14,15). The van der Waals surface area contributed by atoms with Gasteiger partial charge < -0.3 is 4.98 Å². The number of aromatic amines is 1. The second-order valence-electron chi connectivity index (χ2n) is 3.40. The van der Waals surface area contributed by atoms with E-state index in [0.29, 0.717) is 15.9 Å². The van der Waals surface area contributed by atoms with Gasteiger partial charge in [-0.3, -0.25) is 4.79 Å². The van der Waals surface area contributed by atoms with Crippen LogP contribution in [0, 0.1) is 0 Å². The average Bonchev–Trinajstić information content (AvgIpc) is 2.17. The molecule has 78 valence electrons. The SMILES string of the molecule is CCCc1nc2cccc(Cl)c2c(=O)[nH]1. The molecule has 0 atom stereocenters. The molecule has 2 aromatic rings. The van der Waals surface area contributed by atoms with Crippen molar-refractivity contribution in [3.63, 3.8) is 0 Å². The highest BCUT2D eigenvalue weighted by atomic mass is 35.5. The van der Waals surface area contributed by atoms with E-state index in [1.54, 1.807) is 18.2 Å². The quantitative estimate of drug-likeness (QED) is 0.849. The van der Waals surface area contributed by atoms with Gasteiger partial charge >= 0.3 is 0 Å². The average molecular weight is 223 g/mol. The lowest BCUT2D eigenvalue weighted by molar-refractivity contribution is 0.837. The normalized spacial score (nSPS) is 10.8. The van der Waals surface area contributed by atoms with Crippen molar-refractivity contribution >= 4 is 22.5 Å². The van der Waals surface area contributed by atoms with Crippen molar-refractivity contribution in [1.82, 2.24) is 9.97 Å². The van der Waals surface area contributed by atoms with E-state index in [1.807, 2.05) is 6.92 Å². The third kappa shape index (κ3) is 1.88.